The highest BCUT2D eigenvalue weighted by Crippen LogP contribution is 2.03. The zero-order valence-electron chi connectivity index (χ0n) is 9.65. The van der Waals surface area contributed by atoms with Gasteiger partial charge in [-0.25, -0.2) is 0 Å². The fourth-order valence-electron chi connectivity index (χ4n) is 1.39. The molecule has 0 fully saturated rings. The van der Waals surface area contributed by atoms with Crippen LogP contribution >= 0.6 is 0 Å². The molecule has 0 spiro atoms. The van der Waals surface area contributed by atoms with Gasteiger partial charge in [-0.15, -0.1) is 0 Å². The van der Waals surface area contributed by atoms with Crippen LogP contribution in [-0.4, -0.2) is 25.8 Å². The summed E-state index contributed by atoms with van der Waals surface area (Å²) < 4.78 is 5.12. The molecule has 0 aliphatic carbocycles. The van der Waals surface area contributed by atoms with Gasteiger partial charge in [-0.05, 0) is 26.8 Å². The second-order valence-corrected chi connectivity index (χ2v) is 4.30. The number of hydrogen-bond acceptors (Lipinski definition) is 2. The minimum absolute atomic E-state index is 0.126. The topological polar surface area (TPSA) is 21.3 Å². The molecular formula is C11H25NO. The summed E-state index contributed by atoms with van der Waals surface area (Å²) in [5.74, 6) is 0. The van der Waals surface area contributed by atoms with Crippen LogP contribution in [-0.2, 0) is 4.74 Å². The summed E-state index contributed by atoms with van der Waals surface area (Å²) in [4.78, 5) is 0. The third-order valence-electron chi connectivity index (χ3n) is 2.14. The van der Waals surface area contributed by atoms with Crippen LogP contribution in [0.25, 0.3) is 0 Å². The van der Waals surface area contributed by atoms with Crippen LogP contribution in [0.2, 0.25) is 0 Å². The fourth-order valence-corrected chi connectivity index (χ4v) is 1.39. The van der Waals surface area contributed by atoms with Crippen LogP contribution in [0.4, 0.5) is 0 Å². The highest BCUT2D eigenvalue weighted by atomic mass is 16.5. The van der Waals surface area contributed by atoms with Crippen molar-refractivity contribution < 1.29 is 4.74 Å². The molecule has 0 aromatic carbocycles. The first-order valence-corrected chi connectivity index (χ1v) is 5.36. The van der Waals surface area contributed by atoms with E-state index in [1.165, 1.54) is 25.7 Å². The van der Waals surface area contributed by atoms with Crippen molar-refractivity contribution in [3.8, 4) is 0 Å². The summed E-state index contributed by atoms with van der Waals surface area (Å²) in [5.41, 5.74) is 0.126. The van der Waals surface area contributed by atoms with Crippen molar-refractivity contribution in [3.05, 3.63) is 0 Å². The average Bonchev–Trinajstić information content (AvgIpc) is 2.04. The first-order valence-electron chi connectivity index (χ1n) is 5.36. The van der Waals surface area contributed by atoms with Crippen molar-refractivity contribution in [2.24, 2.45) is 0 Å². The molecule has 13 heavy (non-hydrogen) atoms. The summed E-state index contributed by atoms with van der Waals surface area (Å²) in [6.07, 6.45) is 5.28. The van der Waals surface area contributed by atoms with Gasteiger partial charge in [0.15, 0.2) is 0 Å². The van der Waals surface area contributed by atoms with Crippen molar-refractivity contribution in [2.45, 2.75) is 52.0 Å². The second kappa shape index (κ2) is 7.34. The van der Waals surface area contributed by atoms with E-state index in [0.29, 0.717) is 0 Å². The molecule has 0 aliphatic heterocycles. The SMILES string of the molecule is CCCCCCNC(C)(C)COC. The Hall–Kier alpha value is -0.0800. The number of ether oxygens (including phenoxy) is 1. The first kappa shape index (κ1) is 12.9. The lowest BCUT2D eigenvalue weighted by Crippen LogP contribution is -2.43. The van der Waals surface area contributed by atoms with Crippen LogP contribution in [0.5, 0.6) is 0 Å². The van der Waals surface area contributed by atoms with E-state index < -0.39 is 0 Å². The van der Waals surface area contributed by atoms with E-state index in [0.717, 1.165) is 13.2 Å². The Morgan fingerprint density at radius 2 is 1.85 bits per heavy atom. The van der Waals surface area contributed by atoms with Crippen LogP contribution in [0, 0.1) is 0 Å². The van der Waals surface area contributed by atoms with E-state index in [1.807, 2.05) is 0 Å². The van der Waals surface area contributed by atoms with Crippen LogP contribution < -0.4 is 5.32 Å². The van der Waals surface area contributed by atoms with E-state index in [1.54, 1.807) is 7.11 Å². The third kappa shape index (κ3) is 8.26. The Labute approximate surface area is 83.1 Å². The Kier molecular flexibility index (Phi) is 7.29. The average molecular weight is 187 g/mol. The third-order valence-corrected chi connectivity index (χ3v) is 2.14. The molecule has 2 heteroatoms. The summed E-state index contributed by atoms with van der Waals surface area (Å²) in [7, 11) is 1.75. The van der Waals surface area contributed by atoms with Crippen molar-refractivity contribution in [2.75, 3.05) is 20.3 Å². The number of nitrogens with one attached hydrogen (secondary N) is 1. The Bertz CT molecular complexity index is 113. The quantitative estimate of drug-likeness (QED) is 0.590. The molecule has 0 amide bonds. The molecule has 0 atom stereocenters. The van der Waals surface area contributed by atoms with Crippen molar-refractivity contribution in [3.63, 3.8) is 0 Å². The molecule has 0 rings (SSSR count). The number of rotatable bonds is 8. The predicted octanol–water partition coefficient (Wildman–Crippen LogP) is 2.58. The molecule has 1 N–H and O–H groups in total. The minimum Gasteiger partial charge on any atom is -0.383 e. The van der Waals surface area contributed by atoms with Gasteiger partial charge in [-0.1, -0.05) is 26.2 Å². The lowest BCUT2D eigenvalue weighted by molar-refractivity contribution is 0.128. The lowest BCUT2D eigenvalue weighted by atomic mass is 10.1. The van der Waals surface area contributed by atoms with E-state index in [4.69, 9.17) is 4.74 Å². The molecule has 0 unspecified atom stereocenters. The summed E-state index contributed by atoms with van der Waals surface area (Å²) in [6.45, 7) is 8.48. The molecule has 2 nitrogen and oxygen atoms in total. The van der Waals surface area contributed by atoms with E-state index >= 15 is 0 Å². The number of hydrogen-bond donors (Lipinski definition) is 1. The molecule has 0 saturated heterocycles. The minimum atomic E-state index is 0.126. The van der Waals surface area contributed by atoms with Gasteiger partial charge in [-0.3, -0.25) is 0 Å². The van der Waals surface area contributed by atoms with Crippen molar-refractivity contribution in [1.82, 2.24) is 5.32 Å². The molecule has 0 saturated carbocycles. The monoisotopic (exact) mass is 187 g/mol. The molecule has 80 valence electrons. The van der Waals surface area contributed by atoms with Gasteiger partial charge in [0.2, 0.25) is 0 Å². The van der Waals surface area contributed by atoms with Crippen molar-refractivity contribution in [1.29, 1.82) is 0 Å². The van der Waals surface area contributed by atoms with E-state index in [2.05, 4.69) is 26.1 Å². The standard InChI is InChI=1S/C11H25NO/c1-5-6-7-8-9-12-11(2,3)10-13-4/h12H,5-10H2,1-4H3. The highest BCUT2D eigenvalue weighted by Gasteiger charge is 2.15. The zero-order valence-corrected chi connectivity index (χ0v) is 9.65. The maximum absolute atomic E-state index is 5.12. The van der Waals surface area contributed by atoms with Gasteiger partial charge in [-0.2, -0.15) is 0 Å². The number of unbranched alkanes of at least 4 members (excludes halogenated alkanes) is 3. The van der Waals surface area contributed by atoms with Gasteiger partial charge in [0.1, 0.15) is 0 Å². The first-order chi connectivity index (χ1) is 6.12. The molecule has 0 aromatic heterocycles. The Morgan fingerprint density at radius 1 is 1.15 bits per heavy atom. The number of methoxy groups -OCH3 is 1. The molecule has 0 bridgehead atoms. The zero-order chi connectivity index (χ0) is 10.2. The van der Waals surface area contributed by atoms with E-state index in [-0.39, 0.29) is 5.54 Å². The van der Waals surface area contributed by atoms with E-state index in [9.17, 15) is 0 Å². The normalized spacial score (nSPS) is 12.0. The summed E-state index contributed by atoms with van der Waals surface area (Å²) >= 11 is 0. The van der Waals surface area contributed by atoms with Gasteiger partial charge >= 0.3 is 0 Å². The maximum Gasteiger partial charge on any atom is 0.0639 e. The summed E-state index contributed by atoms with van der Waals surface area (Å²) in [6, 6.07) is 0. The lowest BCUT2D eigenvalue weighted by Gasteiger charge is -2.25. The van der Waals surface area contributed by atoms with Crippen LogP contribution in [0.1, 0.15) is 46.5 Å². The maximum atomic E-state index is 5.12. The van der Waals surface area contributed by atoms with Crippen molar-refractivity contribution >= 4 is 0 Å². The van der Waals surface area contributed by atoms with Crippen LogP contribution in [0.3, 0.4) is 0 Å². The molecular weight excluding hydrogens is 162 g/mol. The Balaban J connectivity index is 3.29. The fraction of sp³-hybridized carbons (Fsp3) is 1.00. The van der Waals surface area contributed by atoms with Gasteiger partial charge < -0.3 is 10.1 Å². The highest BCUT2D eigenvalue weighted by molar-refractivity contribution is 4.76. The molecule has 0 radical (unpaired) electrons. The smallest absolute Gasteiger partial charge is 0.0639 e. The Morgan fingerprint density at radius 3 is 2.38 bits per heavy atom. The molecule has 0 heterocycles. The molecule has 0 aliphatic rings. The van der Waals surface area contributed by atoms with Crippen LogP contribution in [0.15, 0.2) is 0 Å². The summed E-state index contributed by atoms with van der Waals surface area (Å²) in [5, 5.41) is 3.49. The molecule has 0 aromatic rings. The predicted molar refractivity (Wildman–Crippen MR) is 58.1 cm³/mol. The van der Waals surface area contributed by atoms with Gasteiger partial charge in [0, 0.05) is 12.6 Å². The second-order valence-electron chi connectivity index (χ2n) is 4.30. The van der Waals surface area contributed by atoms with Gasteiger partial charge in [0.25, 0.3) is 0 Å². The largest absolute Gasteiger partial charge is 0.383 e. The van der Waals surface area contributed by atoms with Gasteiger partial charge in [0.05, 0.1) is 6.61 Å².